The monoisotopic (exact) mass is 360 g/mol. The first-order valence-corrected chi connectivity index (χ1v) is 10.8. The van der Waals surface area contributed by atoms with Gasteiger partial charge in [-0.05, 0) is 57.5 Å². The summed E-state index contributed by atoms with van der Waals surface area (Å²) in [4.78, 5) is 7.04. The Bertz CT molecular complexity index is 566. The van der Waals surface area contributed by atoms with Gasteiger partial charge in [-0.2, -0.15) is 0 Å². The van der Waals surface area contributed by atoms with Crippen molar-refractivity contribution in [3.05, 3.63) is 18.2 Å². The van der Waals surface area contributed by atoms with Crippen LogP contribution in [0, 0.1) is 5.92 Å². The highest BCUT2D eigenvalue weighted by atomic mass is 16.5. The molecule has 0 amide bonds. The van der Waals surface area contributed by atoms with Crippen molar-refractivity contribution in [3.8, 4) is 0 Å². The molecule has 4 atom stereocenters. The number of hydrogen-bond donors (Lipinski definition) is 1. The Morgan fingerprint density at radius 3 is 2.65 bits per heavy atom. The van der Waals surface area contributed by atoms with Crippen LogP contribution in [0.2, 0.25) is 0 Å². The van der Waals surface area contributed by atoms with E-state index in [0.717, 1.165) is 31.4 Å². The van der Waals surface area contributed by atoms with Crippen LogP contribution in [0.25, 0.3) is 0 Å². The molecular formula is C21H36N4O. The quantitative estimate of drug-likeness (QED) is 0.895. The Hall–Kier alpha value is -0.910. The van der Waals surface area contributed by atoms with Gasteiger partial charge in [0.1, 0.15) is 6.10 Å². The van der Waals surface area contributed by atoms with E-state index in [0.29, 0.717) is 12.1 Å². The first-order chi connectivity index (χ1) is 12.7. The van der Waals surface area contributed by atoms with Gasteiger partial charge < -0.3 is 19.5 Å². The van der Waals surface area contributed by atoms with Crippen molar-refractivity contribution >= 4 is 0 Å². The summed E-state index contributed by atoms with van der Waals surface area (Å²) in [6, 6.07) is 2.12. The molecular weight excluding hydrogens is 324 g/mol. The number of hydrogen-bond acceptors (Lipinski definition) is 4. The third-order valence-electron chi connectivity index (χ3n) is 6.89. The van der Waals surface area contributed by atoms with Crippen LogP contribution in [0.4, 0.5) is 0 Å². The van der Waals surface area contributed by atoms with Crippen molar-refractivity contribution in [2.75, 3.05) is 19.7 Å². The van der Waals surface area contributed by atoms with Crippen LogP contribution in [0.15, 0.2) is 12.5 Å². The first kappa shape index (κ1) is 18.5. The lowest BCUT2D eigenvalue weighted by molar-refractivity contribution is -0.00791. The maximum Gasteiger partial charge on any atom is 0.100 e. The topological polar surface area (TPSA) is 42.3 Å². The number of imidazole rings is 1. The standard InChI is InChI=1S/C21H36N4O/c1-16-4-3-5-19(12-16)25-9-6-17(7-10-25)23-18-8-11-26-21(13-18)20-14-22-15-24(20)2/h14-19,21,23H,3-13H2,1-2H3/t16-,18-,19+,21+/m1/s1. The van der Waals surface area contributed by atoms with E-state index in [1.807, 2.05) is 12.5 Å². The molecule has 1 aromatic rings. The van der Waals surface area contributed by atoms with Gasteiger partial charge in [-0.1, -0.05) is 19.8 Å². The lowest BCUT2D eigenvalue weighted by atomic mass is 9.85. The second-order valence-electron chi connectivity index (χ2n) is 8.91. The van der Waals surface area contributed by atoms with Crippen molar-refractivity contribution in [3.63, 3.8) is 0 Å². The summed E-state index contributed by atoms with van der Waals surface area (Å²) < 4.78 is 8.11. The summed E-state index contributed by atoms with van der Waals surface area (Å²) in [5.74, 6) is 0.927. The Kier molecular flexibility index (Phi) is 5.97. The van der Waals surface area contributed by atoms with E-state index in [1.54, 1.807) is 0 Å². The van der Waals surface area contributed by atoms with Gasteiger partial charge >= 0.3 is 0 Å². The summed E-state index contributed by atoms with van der Waals surface area (Å²) in [6.07, 6.45) is 14.6. The van der Waals surface area contributed by atoms with Gasteiger partial charge in [-0.15, -0.1) is 0 Å². The molecule has 1 N–H and O–H groups in total. The first-order valence-electron chi connectivity index (χ1n) is 10.8. The summed E-state index contributed by atoms with van der Waals surface area (Å²) >= 11 is 0. The molecule has 3 aliphatic rings. The number of ether oxygens (including phenoxy) is 1. The molecule has 2 saturated heterocycles. The molecule has 3 heterocycles. The molecule has 146 valence electrons. The predicted molar refractivity (Wildman–Crippen MR) is 104 cm³/mol. The minimum atomic E-state index is 0.192. The number of aryl methyl sites for hydroxylation is 1. The largest absolute Gasteiger partial charge is 0.372 e. The second kappa shape index (κ2) is 8.41. The third kappa shape index (κ3) is 4.32. The van der Waals surface area contributed by atoms with Gasteiger partial charge in [0.05, 0.1) is 18.2 Å². The van der Waals surface area contributed by atoms with Crippen molar-refractivity contribution in [1.29, 1.82) is 0 Å². The number of piperidine rings is 1. The van der Waals surface area contributed by atoms with Crippen LogP contribution >= 0.6 is 0 Å². The number of likely N-dealkylation sites (tertiary alicyclic amines) is 1. The summed E-state index contributed by atoms with van der Waals surface area (Å²) in [5.41, 5.74) is 1.21. The number of aromatic nitrogens is 2. The van der Waals surface area contributed by atoms with E-state index >= 15 is 0 Å². The van der Waals surface area contributed by atoms with E-state index in [2.05, 4.69) is 33.7 Å². The fourth-order valence-electron chi connectivity index (χ4n) is 5.33. The summed E-state index contributed by atoms with van der Waals surface area (Å²) in [7, 11) is 2.06. The molecule has 3 fully saturated rings. The molecule has 0 bridgehead atoms. The van der Waals surface area contributed by atoms with E-state index in [9.17, 15) is 0 Å². The van der Waals surface area contributed by atoms with Crippen LogP contribution in [-0.2, 0) is 11.8 Å². The Morgan fingerprint density at radius 1 is 1.08 bits per heavy atom. The van der Waals surface area contributed by atoms with E-state index < -0.39 is 0 Å². The van der Waals surface area contributed by atoms with Gasteiger partial charge in [0.2, 0.25) is 0 Å². The van der Waals surface area contributed by atoms with E-state index in [-0.39, 0.29) is 6.10 Å². The Labute approximate surface area is 158 Å². The zero-order chi connectivity index (χ0) is 17.9. The van der Waals surface area contributed by atoms with E-state index in [1.165, 1.54) is 57.3 Å². The van der Waals surface area contributed by atoms with Gasteiger partial charge in [-0.3, -0.25) is 0 Å². The summed E-state index contributed by atoms with van der Waals surface area (Å²) in [6.45, 7) is 5.85. The SMILES string of the molecule is C[C@@H]1CCC[C@H](N2CCC(N[C@@H]3CCO[C@H](c4cncn4C)C3)CC2)C1. The maximum absolute atomic E-state index is 6.02. The second-order valence-corrected chi connectivity index (χ2v) is 8.91. The maximum atomic E-state index is 6.02. The fraction of sp³-hybridized carbons (Fsp3) is 0.857. The highest BCUT2D eigenvalue weighted by Crippen LogP contribution is 2.31. The minimum absolute atomic E-state index is 0.192. The zero-order valence-electron chi connectivity index (χ0n) is 16.6. The summed E-state index contributed by atoms with van der Waals surface area (Å²) in [5, 5.41) is 3.97. The molecule has 1 aliphatic carbocycles. The molecule has 0 spiro atoms. The molecule has 4 rings (SSSR count). The molecule has 2 aliphatic heterocycles. The predicted octanol–water partition coefficient (Wildman–Crippen LogP) is 3.27. The van der Waals surface area contributed by atoms with Crippen LogP contribution in [0.1, 0.15) is 70.1 Å². The average Bonchev–Trinajstić information content (AvgIpc) is 3.09. The molecule has 1 saturated carbocycles. The van der Waals surface area contributed by atoms with E-state index in [4.69, 9.17) is 4.74 Å². The molecule has 26 heavy (non-hydrogen) atoms. The van der Waals surface area contributed by atoms with Crippen LogP contribution in [-0.4, -0.2) is 52.3 Å². The number of nitrogens with zero attached hydrogens (tertiary/aromatic N) is 3. The van der Waals surface area contributed by atoms with Crippen LogP contribution in [0.5, 0.6) is 0 Å². The minimum Gasteiger partial charge on any atom is -0.372 e. The van der Waals surface area contributed by atoms with Gasteiger partial charge in [0.15, 0.2) is 0 Å². The van der Waals surface area contributed by atoms with Crippen LogP contribution < -0.4 is 5.32 Å². The third-order valence-corrected chi connectivity index (χ3v) is 6.89. The molecule has 5 heteroatoms. The van der Waals surface area contributed by atoms with Gasteiger partial charge in [0.25, 0.3) is 0 Å². The number of nitrogens with one attached hydrogen (secondary N) is 1. The van der Waals surface area contributed by atoms with Crippen LogP contribution in [0.3, 0.4) is 0 Å². The van der Waals surface area contributed by atoms with Gasteiger partial charge in [0, 0.05) is 31.8 Å². The van der Waals surface area contributed by atoms with Crippen molar-refractivity contribution in [2.24, 2.45) is 13.0 Å². The van der Waals surface area contributed by atoms with Gasteiger partial charge in [-0.25, -0.2) is 4.98 Å². The van der Waals surface area contributed by atoms with Crippen molar-refractivity contribution < 1.29 is 4.74 Å². The fourth-order valence-corrected chi connectivity index (χ4v) is 5.33. The number of rotatable bonds is 4. The highest BCUT2D eigenvalue weighted by Gasteiger charge is 2.31. The van der Waals surface area contributed by atoms with Crippen molar-refractivity contribution in [2.45, 2.75) is 82.5 Å². The van der Waals surface area contributed by atoms with Crippen molar-refractivity contribution in [1.82, 2.24) is 19.8 Å². The average molecular weight is 361 g/mol. The zero-order valence-corrected chi connectivity index (χ0v) is 16.6. The highest BCUT2D eigenvalue weighted by molar-refractivity contribution is 5.04. The lowest BCUT2D eigenvalue weighted by Crippen LogP contribution is -2.50. The Balaban J connectivity index is 1.24. The molecule has 5 nitrogen and oxygen atoms in total. The molecule has 1 aromatic heterocycles. The smallest absolute Gasteiger partial charge is 0.100 e. The lowest BCUT2D eigenvalue weighted by Gasteiger charge is -2.42. The molecule has 0 radical (unpaired) electrons. The molecule has 0 aromatic carbocycles. The molecule has 0 unspecified atom stereocenters. The Morgan fingerprint density at radius 2 is 1.92 bits per heavy atom. The normalized spacial score (nSPS) is 34.8.